The molecule has 1 aliphatic rings. The predicted octanol–water partition coefficient (Wildman–Crippen LogP) is 2.06. The van der Waals surface area contributed by atoms with Crippen LogP contribution in [0.1, 0.15) is 32.1 Å². The molecule has 0 aromatic heterocycles. The Kier molecular flexibility index (Phi) is 4.83. The number of carboxylic acids is 1. The molecule has 0 radical (unpaired) electrons. The molecule has 0 heterocycles. The van der Waals surface area contributed by atoms with Gasteiger partial charge in [-0.1, -0.05) is 11.6 Å². The monoisotopic (exact) mass is 195 g/mol. The molecule has 0 aromatic carbocycles. The smallest absolute Gasteiger partial charge is 0.329 e. The molecule has 0 saturated heterocycles. The van der Waals surface area contributed by atoms with Crippen LogP contribution in [0.25, 0.3) is 0 Å². The van der Waals surface area contributed by atoms with Crippen molar-refractivity contribution in [2.24, 2.45) is 0 Å². The molecule has 0 spiro atoms. The maximum Gasteiger partial charge on any atom is 0.329 e. The van der Waals surface area contributed by atoms with Crippen LogP contribution >= 0.6 is 0 Å². The fourth-order valence-corrected chi connectivity index (χ4v) is 1.58. The van der Waals surface area contributed by atoms with E-state index in [0.717, 1.165) is 19.0 Å². The number of allylic oxidation sites excluding steroid dienone is 1. The van der Waals surface area contributed by atoms with Gasteiger partial charge in [-0.05, 0) is 32.1 Å². The van der Waals surface area contributed by atoms with Crippen LogP contribution in [0.15, 0.2) is 23.9 Å². The lowest BCUT2D eigenvalue weighted by Crippen LogP contribution is -2.09. The lowest BCUT2D eigenvalue weighted by Gasteiger charge is -2.11. The summed E-state index contributed by atoms with van der Waals surface area (Å²) < 4.78 is 0. The molecule has 0 bridgehead atoms. The number of rotatable bonds is 5. The molecule has 3 nitrogen and oxygen atoms in total. The highest BCUT2D eigenvalue weighted by Gasteiger charge is 2.01. The van der Waals surface area contributed by atoms with E-state index in [1.54, 1.807) is 0 Å². The number of carboxylic acid groups (broad SMARTS) is 1. The molecular formula is C11H17NO2. The SMILES string of the molecule is O=C(O)/C=C/NCCC1=CCCCC1. The normalized spacial score (nSPS) is 16.7. The third-order valence-corrected chi connectivity index (χ3v) is 2.32. The van der Waals surface area contributed by atoms with Gasteiger partial charge < -0.3 is 10.4 Å². The number of hydrogen-bond donors (Lipinski definition) is 2. The molecule has 0 aromatic rings. The van der Waals surface area contributed by atoms with Gasteiger partial charge in [-0.3, -0.25) is 0 Å². The zero-order chi connectivity index (χ0) is 10.2. The van der Waals surface area contributed by atoms with Crippen molar-refractivity contribution in [3.8, 4) is 0 Å². The first kappa shape index (κ1) is 10.8. The van der Waals surface area contributed by atoms with Crippen molar-refractivity contribution >= 4 is 5.97 Å². The lowest BCUT2D eigenvalue weighted by molar-refractivity contribution is -0.131. The molecule has 0 amide bonds. The number of nitrogens with one attached hydrogen (secondary N) is 1. The quantitative estimate of drug-likeness (QED) is 0.401. The number of hydrogen-bond acceptors (Lipinski definition) is 2. The second-order valence-corrected chi connectivity index (χ2v) is 3.48. The van der Waals surface area contributed by atoms with Crippen molar-refractivity contribution in [2.45, 2.75) is 32.1 Å². The highest BCUT2D eigenvalue weighted by molar-refractivity contribution is 5.79. The summed E-state index contributed by atoms with van der Waals surface area (Å²) in [4.78, 5) is 10.1. The van der Waals surface area contributed by atoms with E-state index in [2.05, 4.69) is 11.4 Å². The molecule has 0 aliphatic heterocycles. The summed E-state index contributed by atoms with van der Waals surface area (Å²) >= 11 is 0. The standard InChI is InChI=1S/C11H17NO2/c13-11(14)7-9-12-8-6-10-4-2-1-3-5-10/h4,7,9,12H,1-3,5-6,8H2,(H,13,14)/b9-7+. The average Bonchev–Trinajstić information content (AvgIpc) is 2.18. The van der Waals surface area contributed by atoms with Crippen LogP contribution in [0, 0.1) is 0 Å². The number of carbonyl (C=O) groups is 1. The Bertz CT molecular complexity index is 244. The first-order chi connectivity index (χ1) is 6.79. The molecular weight excluding hydrogens is 178 g/mol. The van der Waals surface area contributed by atoms with E-state index >= 15 is 0 Å². The van der Waals surface area contributed by atoms with E-state index in [4.69, 9.17) is 5.11 Å². The topological polar surface area (TPSA) is 49.3 Å². The Labute approximate surface area is 84.5 Å². The van der Waals surface area contributed by atoms with E-state index < -0.39 is 5.97 Å². The van der Waals surface area contributed by atoms with Gasteiger partial charge >= 0.3 is 5.97 Å². The van der Waals surface area contributed by atoms with Crippen LogP contribution in [0.3, 0.4) is 0 Å². The van der Waals surface area contributed by atoms with Gasteiger partial charge in [-0.2, -0.15) is 0 Å². The molecule has 3 heteroatoms. The molecule has 1 aliphatic carbocycles. The summed E-state index contributed by atoms with van der Waals surface area (Å²) in [6, 6.07) is 0. The minimum absolute atomic E-state index is 0.829. The van der Waals surface area contributed by atoms with Gasteiger partial charge in [0.15, 0.2) is 0 Å². The van der Waals surface area contributed by atoms with E-state index in [1.807, 2.05) is 0 Å². The van der Waals surface area contributed by atoms with Gasteiger partial charge in [0.1, 0.15) is 0 Å². The molecule has 0 fully saturated rings. The Morgan fingerprint density at radius 3 is 3.07 bits per heavy atom. The fraction of sp³-hybridized carbons (Fsp3) is 0.545. The first-order valence-corrected chi connectivity index (χ1v) is 5.10. The van der Waals surface area contributed by atoms with E-state index in [9.17, 15) is 4.79 Å². The van der Waals surface area contributed by atoms with Gasteiger partial charge in [0.25, 0.3) is 0 Å². The fourth-order valence-electron chi connectivity index (χ4n) is 1.58. The first-order valence-electron chi connectivity index (χ1n) is 5.10. The minimum atomic E-state index is -0.908. The largest absolute Gasteiger partial charge is 0.478 e. The van der Waals surface area contributed by atoms with Crippen molar-refractivity contribution < 1.29 is 9.90 Å². The molecule has 1 rings (SSSR count). The lowest BCUT2D eigenvalue weighted by atomic mass is 9.97. The third-order valence-electron chi connectivity index (χ3n) is 2.32. The molecule has 2 N–H and O–H groups in total. The summed E-state index contributed by atoms with van der Waals surface area (Å²) in [5, 5.41) is 11.3. The maximum absolute atomic E-state index is 10.1. The highest BCUT2D eigenvalue weighted by atomic mass is 16.4. The Hall–Kier alpha value is -1.25. The van der Waals surface area contributed by atoms with Crippen molar-refractivity contribution in [3.05, 3.63) is 23.9 Å². The van der Waals surface area contributed by atoms with E-state index in [0.29, 0.717) is 0 Å². The molecule has 0 saturated carbocycles. The highest BCUT2D eigenvalue weighted by Crippen LogP contribution is 2.19. The summed E-state index contributed by atoms with van der Waals surface area (Å²) in [7, 11) is 0. The van der Waals surface area contributed by atoms with Crippen LogP contribution < -0.4 is 5.32 Å². The average molecular weight is 195 g/mol. The zero-order valence-electron chi connectivity index (χ0n) is 8.33. The van der Waals surface area contributed by atoms with E-state index in [1.165, 1.54) is 37.5 Å². The van der Waals surface area contributed by atoms with Gasteiger partial charge in [-0.25, -0.2) is 4.79 Å². The molecule has 0 unspecified atom stereocenters. The van der Waals surface area contributed by atoms with Gasteiger partial charge in [0.05, 0.1) is 0 Å². The summed E-state index contributed by atoms with van der Waals surface area (Å²) in [5.41, 5.74) is 1.51. The Morgan fingerprint density at radius 1 is 1.57 bits per heavy atom. The second kappa shape index (κ2) is 6.24. The minimum Gasteiger partial charge on any atom is -0.478 e. The summed E-state index contributed by atoms with van der Waals surface area (Å²) in [6.07, 6.45) is 11.0. The molecule has 78 valence electrons. The van der Waals surface area contributed by atoms with Crippen molar-refractivity contribution in [3.63, 3.8) is 0 Å². The van der Waals surface area contributed by atoms with Crippen LogP contribution in [-0.4, -0.2) is 17.6 Å². The summed E-state index contributed by atoms with van der Waals surface area (Å²) in [6.45, 7) is 0.829. The predicted molar refractivity (Wildman–Crippen MR) is 55.9 cm³/mol. The Morgan fingerprint density at radius 2 is 2.43 bits per heavy atom. The van der Waals surface area contributed by atoms with Crippen LogP contribution in [0.2, 0.25) is 0 Å². The maximum atomic E-state index is 10.1. The van der Waals surface area contributed by atoms with Crippen molar-refractivity contribution in [2.75, 3.05) is 6.54 Å². The molecule has 0 atom stereocenters. The van der Waals surface area contributed by atoms with Crippen molar-refractivity contribution in [1.82, 2.24) is 5.32 Å². The van der Waals surface area contributed by atoms with Gasteiger partial charge in [0.2, 0.25) is 0 Å². The Balaban J connectivity index is 2.08. The second-order valence-electron chi connectivity index (χ2n) is 3.48. The van der Waals surface area contributed by atoms with E-state index in [-0.39, 0.29) is 0 Å². The molecule has 14 heavy (non-hydrogen) atoms. The van der Waals surface area contributed by atoms with Crippen molar-refractivity contribution in [1.29, 1.82) is 0 Å². The zero-order valence-corrected chi connectivity index (χ0v) is 8.33. The third kappa shape index (κ3) is 4.70. The van der Waals surface area contributed by atoms with Gasteiger partial charge in [-0.15, -0.1) is 0 Å². The van der Waals surface area contributed by atoms with Crippen LogP contribution in [0.4, 0.5) is 0 Å². The summed E-state index contributed by atoms with van der Waals surface area (Å²) in [5.74, 6) is -0.908. The number of aliphatic carboxylic acids is 1. The van der Waals surface area contributed by atoms with Gasteiger partial charge in [0, 0.05) is 18.8 Å². The van der Waals surface area contributed by atoms with Crippen LogP contribution in [0.5, 0.6) is 0 Å². The van der Waals surface area contributed by atoms with Crippen LogP contribution in [-0.2, 0) is 4.79 Å².